The number of anilines is 1. The van der Waals surface area contributed by atoms with Gasteiger partial charge in [0.05, 0.1) is 18.6 Å². The molecule has 1 N–H and O–H groups in total. The molecule has 4 saturated carbocycles. The van der Waals surface area contributed by atoms with Crippen LogP contribution < -0.4 is 10.1 Å². The van der Waals surface area contributed by atoms with Gasteiger partial charge in [-0.15, -0.1) is 0 Å². The number of carbonyl (C=O) groups excluding carboxylic acids is 1. The molecule has 0 atom stereocenters. The molecular formula is C26H32N2O4S. The molecule has 0 aromatic heterocycles. The van der Waals surface area contributed by atoms with Gasteiger partial charge < -0.3 is 10.1 Å². The van der Waals surface area contributed by atoms with Crippen LogP contribution in [0.4, 0.5) is 5.69 Å². The number of benzene rings is 2. The van der Waals surface area contributed by atoms with Crippen molar-refractivity contribution < 1.29 is 17.9 Å². The first-order valence-electron chi connectivity index (χ1n) is 11.8. The van der Waals surface area contributed by atoms with E-state index in [1.165, 1.54) is 70.4 Å². The first-order chi connectivity index (χ1) is 15.8. The van der Waals surface area contributed by atoms with E-state index in [0.29, 0.717) is 16.9 Å². The first kappa shape index (κ1) is 22.4. The summed E-state index contributed by atoms with van der Waals surface area (Å²) < 4.78 is 31.7. The van der Waals surface area contributed by atoms with Gasteiger partial charge in [0.2, 0.25) is 15.9 Å². The summed E-state index contributed by atoms with van der Waals surface area (Å²) >= 11 is 0. The Morgan fingerprint density at radius 1 is 0.970 bits per heavy atom. The highest BCUT2D eigenvalue weighted by molar-refractivity contribution is 7.89. The van der Waals surface area contributed by atoms with Crippen LogP contribution in [0.5, 0.6) is 5.75 Å². The number of hydrogen-bond acceptors (Lipinski definition) is 4. The molecule has 7 heteroatoms. The maximum atomic E-state index is 12.8. The van der Waals surface area contributed by atoms with E-state index in [1.54, 1.807) is 12.1 Å². The SMILES string of the molecule is COc1ccc(S(=O)(=O)N(C)CC(=O)Nc2ccc(C34CC5CC(CC(C5)C3)C4)cc2)cc1. The van der Waals surface area contributed by atoms with Gasteiger partial charge in [0.15, 0.2) is 0 Å². The first-order valence-corrected chi connectivity index (χ1v) is 13.2. The second-order valence-electron chi connectivity index (χ2n) is 10.3. The Labute approximate surface area is 196 Å². The number of amides is 1. The zero-order chi connectivity index (χ0) is 23.2. The second kappa shape index (κ2) is 8.44. The molecule has 4 bridgehead atoms. The number of methoxy groups -OCH3 is 1. The van der Waals surface area contributed by atoms with E-state index in [-0.39, 0.29) is 17.3 Å². The van der Waals surface area contributed by atoms with E-state index in [9.17, 15) is 13.2 Å². The normalized spacial score (nSPS) is 28.2. The van der Waals surface area contributed by atoms with Crippen LogP contribution in [0.3, 0.4) is 0 Å². The van der Waals surface area contributed by atoms with Crippen molar-refractivity contribution in [3.63, 3.8) is 0 Å². The van der Waals surface area contributed by atoms with Crippen LogP contribution in [-0.2, 0) is 20.2 Å². The van der Waals surface area contributed by atoms with Gasteiger partial charge in [-0.05, 0) is 104 Å². The number of nitrogens with zero attached hydrogens (tertiary/aromatic N) is 1. The third-order valence-corrected chi connectivity index (χ3v) is 9.77. The fourth-order valence-electron chi connectivity index (χ4n) is 6.79. The van der Waals surface area contributed by atoms with Gasteiger partial charge in [-0.1, -0.05) is 12.1 Å². The Hall–Kier alpha value is -2.38. The van der Waals surface area contributed by atoms with Crippen molar-refractivity contribution in [2.45, 2.75) is 48.8 Å². The lowest BCUT2D eigenvalue weighted by Gasteiger charge is -2.57. The summed E-state index contributed by atoms with van der Waals surface area (Å²) in [4.78, 5) is 12.7. The van der Waals surface area contributed by atoms with Crippen molar-refractivity contribution in [2.24, 2.45) is 17.8 Å². The highest BCUT2D eigenvalue weighted by Crippen LogP contribution is 2.60. The molecule has 0 heterocycles. The number of nitrogens with one attached hydrogen (secondary N) is 1. The molecule has 4 aliphatic carbocycles. The lowest BCUT2D eigenvalue weighted by atomic mass is 9.48. The molecule has 6 rings (SSSR count). The van der Waals surface area contributed by atoms with E-state index < -0.39 is 10.0 Å². The molecule has 0 saturated heterocycles. The second-order valence-corrected chi connectivity index (χ2v) is 12.3. The minimum atomic E-state index is -3.77. The van der Waals surface area contributed by atoms with Crippen molar-refractivity contribution in [1.82, 2.24) is 4.31 Å². The Kier molecular flexibility index (Phi) is 5.73. The fourth-order valence-corrected chi connectivity index (χ4v) is 7.91. The largest absolute Gasteiger partial charge is 0.497 e. The number of sulfonamides is 1. The number of rotatable bonds is 7. The standard InChI is InChI=1S/C26H32N2O4S/c1-28(33(30,31)24-9-7-23(32-2)8-10-24)17-25(29)27-22-5-3-21(4-6-22)26-14-18-11-19(15-26)13-20(12-18)16-26/h3-10,18-20H,11-17H2,1-2H3,(H,27,29). The zero-order valence-corrected chi connectivity index (χ0v) is 20.1. The van der Waals surface area contributed by atoms with Crippen LogP contribution in [0.1, 0.15) is 44.1 Å². The van der Waals surface area contributed by atoms with Gasteiger partial charge in [-0.25, -0.2) is 8.42 Å². The Bertz CT molecular complexity index is 1090. The van der Waals surface area contributed by atoms with Crippen LogP contribution in [-0.4, -0.2) is 39.3 Å². The summed E-state index contributed by atoms with van der Waals surface area (Å²) in [6.07, 6.45) is 8.16. The van der Waals surface area contributed by atoms with Gasteiger partial charge in [0.25, 0.3) is 0 Å². The molecule has 4 aliphatic rings. The van der Waals surface area contributed by atoms with E-state index in [2.05, 4.69) is 17.4 Å². The average Bonchev–Trinajstić information content (AvgIpc) is 2.78. The van der Waals surface area contributed by atoms with Gasteiger partial charge in [-0.2, -0.15) is 4.31 Å². The molecule has 2 aromatic carbocycles. The molecule has 176 valence electrons. The van der Waals surface area contributed by atoms with Crippen LogP contribution in [0.15, 0.2) is 53.4 Å². The number of likely N-dealkylation sites (N-methyl/N-ethyl adjacent to an activating group) is 1. The molecule has 0 unspecified atom stereocenters. The van der Waals surface area contributed by atoms with Crippen LogP contribution in [0, 0.1) is 17.8 Å². The number of hydrogen-bond donors (Lipinski definition) is 1. The van der Waals surface area contributed by atoms with Crippen molar-refractivity contribution in [1.29, 1.82) is 0 Å². The maximum Gasteiger partial charge on any atom is 0.243 e. The van der Waals surface area contributed by atoms with Crippen molar-refractivity contribution in [2.75, 3.05) is 26.0 Å². The van der Waals surface area contributed by atoms with E-state index in [4.69, 9.17) is 4.74 Å². The Morgan fingerprint density at radius 3 is 2.03 bits per heavy atom. The molecule has 0 radical (unpaired) electrons. The van der Waals surface area contributed by atoms with E-state index >= 15 is 0 Å². The molecule has 4 fully saturated rings. The fraction of sp³-hybridized carbons (Fsp3) is 0.500. The van der Waals surface area contributed by atoms with Gasteiger partial charge in [0.1, 0.15) is 5.75 Å². The summed E-state index contributed by atoms with van der Waals surface area (Å²) in [6.45, 7) is -0.259. The highest BCUT2D eigenvalue weighted by atomic mass is 32.2. The molecular weight excluding hydrogens is 436 g/mol. The number of ether oxygens (including phenoxy) is 1. The summed E-state index contributed by atoms with van der Waals surface area (Å²) in [7, 11) is -0.832. The molecule has 0 aliphatic heterocycles. The minimum absolute atomic E-state index is 0.124. The topological polar surface area (TPSA) is 75.7 Å². The summed E-state index contributed by atoms with van der Waals surface area (Å²) in [5.74, 6) is 2.87. The molecule has 2 aromatic rings. The highest BCUT2D eigenvalue weighted by Gasteiger charge is 2.51. The summed E-state index contributed by atoms with van der Waals surface area (Å²) in [6, 6.07) is 14.4. The predicted octanol–water partition coefficient (Wildman–Crippen LogP) is 4.42. The van der Waals surface area contributed by atoms with E-state index in [1.807, 2.05) is 12.1 Å². The van der Waals surface area contributed by atoms with Crippen LogP contribution in [0.25, 0.3) is 0 Å². The smallest absolute Gasteiger partial charge is 0.243 e. The van der Waals surface area contributed by atoms with Gasteiger partial charge in [-0.3, -0.25) is 4.79 Å². The molecule has 1 amide bonds. The van der Waals surface area contributed by atoms with Crippen molar-refractivity contribution in [3.05, 3.63) is 54.1 Å². The molecule has 0 spiro atoms. The summed E-state index contributed by atoms with van der Waals surface area (Å²) in [5.41, 5.74) is 2.42. The van der Waals surface area contributed by atoms with Gasteiger partial charge >= 0.3 is 0 Å². The monoisotopic (exact) mass is 468 g/mol. The predicted molar refractivity (Wildman–Crippen MR) is 128 cm³/mol. The lowest BCUT2D eigenvalue weighted by molar-refractivity contribution is -0.116. The molecule has 33 heavy (non-hydrogen) atoms. The van der Waals surface area contributed by atoms with Crippen molar-refractivity contribution >= 4 is 21.6 Å². The lowest BCUT2D eigenvalue weighted by Crippen LogP contribution is -2.48. The molecule has 6 nitrogen and oxygen atoms in total. The Balaban J connectivity index is 1.22. The minimum Gasteiger partial charge on any atom is -0.497 e. The van der Waals surface area contributed by atoms with Crippen LogP contribution >= 0.6 is 0 Å². The average molecular weight is 469 g/mol. The quantitative estimate of drug-likeness (QED) is 0.653. The zero-order valence-electron chi connectivity index (χ0n) is 19.3. The van der Waals surface area contributed by atoms with Crippen molar-refractivity contribution in [3.8, 4) is 5.75 Å². The van der Waals surface area contributed by atoms with Crippen LogP contribution in [0.2, 0.25) is 0 Å². The number of carbonyl (C=O) groups is 1. The summed E-state index contributed by atoms with van der Waals surface area (Å²) in [5, 5.41) is 2.85. The third kappa shape index (κ3) is 4.28. The third-order valence-electron chi connectivity index (χ3n) is 7.95. The Morgan fingerprint density at radius 2 is 1.52 bits per heavy atom. The van der Waals surface area contributed by atoms with Gasteiger partial charge in [0, 0.05) is 12.7 Å². The maximum absolute atomic E-state index is 12.8. The van der Waals surface area contributed by atoms with E-state index in [0.717, 1.165) is 22.1 Å².